The van der Waals surface area contributed by atoms with Crippen LogP contribution >= 0.6 is 12.2 Å². The highest BCUT2D eigenvalue weighted by Crippen LogP contribution is 2.41. The van der Waals surface area contributed by atoms with E-state index in [0.29, 0.717) is 16.8 Å². The predicted molar refractivity (Wildman–Crippen MR) is 102 cm³/mol. The molecule has 0 spiro atoms. The topological polar surface area (TPSA) is 71.6 Å². The number of hydrogen-bond acceptors (Lipinski definition) is 4. The number of rotatable bonds is 6. The number of carbonyl (C=O) groups excluding carboxylic acids is 1. The van der Waals surface area contributed by atoms with Crippen molar-refractivity contribution in [3.05, 3.63) is 23.8 Å². The van der Waals surface area contributed by atoms with Crippen molar-refractivity contribution in [1.82, 2.24) is 16.2 Å². The molecule has 3 N–H and O–H groups in total. The van der Waals surface area contributed by atoms with Gasteiger partial charge in [0.2, 0.25) is 0 Å². The highest BCUT2D eigenvalue weighted by molar-refractivity contribution is 7.80. The van der Waals surface area contributed by atoms with Gasteiger partial charge in [-0.1, -0.05) is 26.0 Å². The Morgan fingerprint density at radius 2 is 2.12 bits per heavy atom. The lowest BCUT2D eigenvalue weighted by molar-refractivity contribution is -0.123. The van der Waals surface area contributed by atoms with Gasteiger partial charge < -0.3 is 14.8 Å². The molecule has 0 unspecified atom stereocenters. The minimum atomic E-state index is -0.317. The quantitative estimate of drug-likeness (QED) is 0.531. The minimum Gasteiger partial charge on any atom is -0.483 e. The van der Waals surface area contributed by atoms with Crippen LogP contribution in [-0.2, 0) is 11.2 Å². The Hall–Kier alpha value is -2.02. The Morgan fingerprint density at radius 3 is 2.84 bits per heavy atom. The number of ether oxygens (including phenoxy) is 2. The predicted octanol–water partition coefficient (Wildman–Crippen LogP) is 2.32. The normalized spacial score (nSPS) is 14.4. The van der Waals surface area contributed by atoms with Gasteiger partial charge in [-0.2, -0.15) is 0 Å². The van der Waals surface area contributed by atoms with Crippen LogP contribution in [0.2, 0.25) is 0 Å². The molecule has 2 rings (SSSR count). The standard InChI is InChI=1S/C18H27N3O3S/c1-12(2)8-9-19-17(25)21-20-15(22)11-23-14-7-5-6-13-10-18(3,4)24-16(13)14/h5-7,12H,8-11H2,1-4H3,(H,20,22)(H2,19,21,25). The van der Waals surface area contributed by atoms with Gasteiger partial charge in [0.1, 0.15) is 5.60 Å². The third kappa shape index (κ3) is 6.08. The molecule has 0 aliphatic carbocycles. The van der Waals surface area contributed by atoms with Crippen molar-refractivity contribution in [2.45, 2.75) is 46.1 Å². The van der Waals surface area contributed by atoms with E-state index in [9.17, 15) is 4.79 Å². The van der Waals surface area contributed by atoms with Crippen LogP contribution in [0.5, 0.6) is 11.5 Å². The van der Waals surface area contributed by atoms with Crippen LogP contribution in [-0.4, -0.2) is 29.8 Å². The van der Waals surface area contributed by atoms with E-state index in [0.717, 1.165) is 30.7 Å². The van der Waals surface area contributed by atoms with Gasteiger partial charge in [0.05, 0.1) is 0 Å². The van der Waals surface area contributed by atoms with Gasteiger partial charge in [-0.05, 0) is 44.5 Å². The molecule has 0 radical (unpaired) electrons. The van der Waals surface area contributed by atoms with E-state index in [2.05, 4.69) is 30.0 Å². The summed E-state index contributed by atoms with van der Waals surface area (Å²) in [5, 5.41) is 3.42. The lowest BCUT2D eigenvalue weighted by Crippen LogP contribution is -2.48. The number of nitrogens with one attached hydrogen (secondary N) is 3. The highest BCUT2D eigenvalue weighted by atomic mass is 32.1. The largest absolute Gasteiger partial charge is 0.483 e. The summed E-state index contributed by atoms with van der Waals surface area (Å²) >= 11 is 5.09. The molecule has 1 heterocycles. The third-order valence-electron chi connectivity index (χ3n) is 3.74. The molecule has 1 aliphatic heterocycles. The van der Waals surface area contributed by atoms with Crippen molar-refractivity contribution >= 4 is 23.2 Å². The summed E-state index contributed by atoms with van der Waals surface area (Å²) in [6, 6.07) is 5.72. The van der Waals surface area contributed by atoms with E-state index in [1.54, 1.807) is 6.07 Å². The Balaban J connectivity index is 1.75. The molecule has 1 aromatic rings. The number of thiocarbonyl (C=S) groups is 1. The monoisotopic (exact) mass is 365 g/mol. The van der Waals surface area contributed by atoms with E-state index in [1.165, 1.54) is 0 Å². The molecule has 0 fully saturated rings. The van der Waals surface area contributed by atoms with Gasteiger partial charge in [0.25, 0.3) is 5.91 Å². The summed E-state index contributed by atoms with van der Waals surface area (Å²) in [5.74, 6) is 1.58. The maximum absolute atomic E-state index is 11.9. The molecular weight excluding hydrogens is 338 g/mol. The fourth-order valence-corrected chi connectivity index (χ4v) is 2.68. The van der Waals surface area contributed by atoms with E-state index in [-0.39, 0.29) is 18.1 Å². The highest BCUT2D eigenvalue weighted by Gasteiger charge is 2.32. The molecule has 1 aliphatic rings. The van der Waals surface area contributed by atoms with Gasteiger partial charge in [-0.15, -0.1) is 0 Å². The number of amides is 1. The molecule has 0 saturated heterocycles. The Kier molecular flexibility index (Phi) is 6.47. The maximum atomic E-state index is 11.9. The number of fused-ring (bicyclic) bond motifs is 1. The average molecular weight is 365 g/mol. The molecule has 0 atom stereocenters. The van der Waals surface area contributed by atoms with Crippen molar-refractivity contribution in [3.8, 4) is 11.5 Å². The first-order valence-corrected chi connectivity index (χ1v) is 8.94. The molecule has 6 nitrogen and oxygen atoms in total. The summed E-state index contributed by atoms with van der Waals surface area (Å²) in [4.78, 5) is 11.9. The Labute approximate surface area is 154 Å². The lowest BCUT2D eigenvalue weighted by atomic mass is 10.0. The number of carbonyl (C=O) groups is 1. The van der Waals surface area contributed by atoms with Crippen LogP contribution in [0.15, 0.2) is 18.2 Å². The van der Waals surface area contributed by atoms with Crippen LogP contribution in [0.3, 0.4) is 0 Å². The fourth-order valence-electron chi connectivity index (χ4n) is 2.53. The second kappa shape index (κ2) is 8.38. The molecule has 0 saturated carbocycles. The first kappa shape index (κ1) is 19.3. The number of benzene rings is 1. The summed E-state index contributed by atoms with van der Waals surface area (Å²) in [7, 11) is 0. The van der Waals surface area contributed by atoms with Crippen LogP contribution in [0.25, 0.3) is 0 Å². The van der Waals surface area contributed by atoms with Crippen LogP contribution in [0.4, 0.5) is 0 Å². The fraction of sp³-hybridized carbons (Fsp3) is 0.556. The summed E-state index contributed by atoms with van der Waals surface area (Å²) in [6.07, 6.45) is 1.83. The lowest BCUT2D eigenvalue weighted by Gasteiger charge is -2.18. The van der Waals surface area contributed by atoms with Gasteiger partial charge in [-0.3, -0.25) is 15.6 Å². The zero-order chi connectivity index (χ0) is 18.4. The van der Waals surface area contributed by atoms with Crippen molar-refractivity contribution < 1.29 is 14.3 Å². The number of para-hydroxylation sites is 1. The van der Waals surface area contributed by atoms with E-state index in [1.807, 2.05) is 26.0 Å². The first-order valence-electron chi connectivity index (χ1n) is 8.53. The average Bonchev–Trinajstić information content (AvgIpc) is 2.84. The minimum absolute atomic E-state index is 0.123. The molecule has 1 amide bonds. The second-order valence-electron chi connectivity index (χ2n) is 7.18. The van der Waals surface area contributed by atoms with Crippen molar-refractivity contribution in [2.24, 2.45) is 5.92 Å². The smallest absolute Gasteiger partial charge is 0.276 e. The Morgan fingerprint density at radius 1 is 1.36 bits per heavy atom. The van der Waals surface area contributed by atoms with Crippen molar-refractivity contribution in [3.63, 3.8) is 0 Å². The van der Waals surface area contributed by atoms with Crippen LogP contribution < -0.4 is 25.6 Å². The molecule has 7 heteroatoms. The first-order chi connectivity index (χ1) is 11.8. The second-order valence-corrected chi connectivity index (χ2v) is 7.59. The van der Waals surface area contributed by atoms with E-state index in [4.69, 9.17) is 21.7 Å². The summed E-state index contributed by atoms with van der Waals surface area (Å²) in [6.45, 7) is 8.98. The molecular formula is C18H27N3O3S. The molecule has 0 aromatic heterocycles. The van der Waals surface area contributed by atoms with Gasteiger partial charge in [0.15, 0.2) is 23.2 Å². The van der Waals surface area contributed by atoms with Crippen LogP contribution in [0.1, 0.15) is 39.7 Å². The SMILES string of the molecule is CC(C)CCNC(=S)NNC(=O)COc1cccc2c1OC(C)(C)C2. The molecule has 1 aromatic carbocycles. The van der Waals surface area contributed by atoms with Crippen LogP contribution in [0, 0.1) is 5.92 Å². The summed E-state index contributed by atoms with van der Waals surface area (Å²) < 4.78 is 11.5. The molecule has 25 heavy (non-hydrogen) atoms. The Bertz CT molecular complexity index is 632. The summed E-state index contributed by atoms with van der Waals surface area (Å²) in [5.41, 5.74) is 6.03. The maximum Gasteiger partial charge on any atom is 0.276 e. The molecule has 0 bridgehead atoms. The zero-order valence-corrected chi connectivity index (χ0v) is 16.1. The van der Waals surface area contributed by atoms with Gasteiger partial charge >= 0.3 is 0 Å². The van der Waals surface area contributed by atoms with Crippen molar-refractivity contribution in [1.29, 1.82) is 0 Å². The van der Waals surface area contributed by atoms with E-state index < -0.39 is 0 Å². The van der Waals surface area contributed by atoms with Crippen molar-refractivity contribution in [2.75, 3.05) is 13.2 Å². The third-order valence-corrected chi connectivity index (χ3v) is 3.98. The van der Waals surface area contributed by atoms with Gasteiger partial charge in [0, 0.05) is 18.5 Å². The number of hydrazine groups is 1. The number of hydrogen-bond donors (Lipinski definition) is 3. The zero-order valence-electron chi connectivity index (χ0n) is 15.3. The van der Waals surface area contributed by atoms with E-state index >= 15 is 0 Å². The van der Waals surface area contributed by atoms with Gasteiger partial charge in [-0.25, -0.2) is 0 Å². The molecule has 138 valence electrons.